The summed E-state index contributed by atoms with van der Waals surface area (Å²) in [6.07, 6.45) is 1.48. The molecule has 1 aromatic rings. The van der Waals surface area contributed by atoms with Crippen molar-refractivity contribution >= 4 is 17.4 Å². The van der Waals surface area contributed by atoms with Crippen LogP contribution >= 0.6 is 11.6 Å². The molecule has 5 nitrogen and oxygen atoms in total. The van der Waals surface area contributed by atoms with Gasteiger partial charge in [-0.25, -0.2) is 9.97 Å². The third kappa shape index (κ3) is 2.67. The van der Waals surface area contributed by atoms with Gasteiger partial charge in [-0.15, -0.1) is 0 Å². The molecule has 1 aliphatic rings. The molecule has 0 radical (unpaired) electrons. The van der Waals surface area contributed by atoms with Gasteiger partial charge in [-0.1, -0.05) is 11.6 Å². The Hall–Kier alpha value is -1.07. The summed E-state index contributed by atoms with van der Waals surface area (Å²) in [6, 6.07) is 0.586. The second-order valence-electron chi connectivity index (χ2n) is 4.64. The summed E-state index contributed by atoms with van der Waals surface area (Å²) in [5.74, 6) is 1.36. The maximum Gasteiger partial charge on any atom is 0.199 e. The highest BCUT2D eigenvalue weighted by Crippen LogP contribution is 2.31. The minimum Gasteiger partial charge on any atom is -0.490 e. The molecule has 0 atom stereocenters. The molecule has 0 aromatic carbocycles. The molecular formula is C12H19ClN4O. The van der Waals surface area contributed by atoms with E-state index in [2.05, 4.69) is 33.6 Å². The third-order valence-corrected chi connectivity index (χ3v) is 3.56. The Balaban J connectivity index is 2.12. The molecule has 0 bridgehead atoms. The highest BCUT2D eigenvalue weighted by molar-refractivity contribution is 6.31. The van der Waals surface area contributed by atoms with Gasteiger partial charge in [-0.3, -0.25) is 4.90 Å². The van der Waals surface area contributed by atoms with Gasteiger partial charge in [0.2, 0.25) is 0 Å². The van der Waals surface area contributed by atoms with Crippen molar-refractivity contribution in [3.05, 3.63) is 11.5 Å². The average molecular weight is 271 g/mol. The van der Waals surface area contributed by atoms with Crippen LogP contribution in [0.15, 0.2) is 6.33 Å². The summed E-state index contributed by atoms with van der Waals surface area (Å²) in [6.45, 7) is 8.37. The second-order valence-corrected chi connectivity index (χ2v) is 5.00. The summed E-state index contributed by atoms with van der Waals surface area (Å²) >= 11 is 6.01. The van der Waals surface area contributed by atoms with Crippen LogP contribution in [0, 0.1) is 0 Å². The van der Waals surface area contributed by atoms with Crippen LogP contribution in [0.25, 0.3) is 0 Å². The lowest BCUT2D eigenvalue weighted by Gasteiger charge is -2.37. The van der Waals surface area contributed by atoms with Crippen LogP contribution in [-0.4, -0.2) is 54.2 Å². The van der Waals surface area contributed by atoms with Gasteiger partial charge in [-0.2, -0.15) is 0 Å². The molecule has 0 aliphatic carbocycles. The summed E-state index contributed by atoms with van der Waals surface area (Å²) < 4.78 is 5.29. The number of rotatable bonds is 3. The molecule has 1 aliphatic heterocycles. The SMILES string of the molecule is COc1c(Cl)ncnc1N1CCN(C(C)C)CC1. The number of methoxy groups -OCH3 is 1. The highest BCUT2D eigenvalue weighted by atomic mass is 35.5. The fourth-order valence-corrected chi connectivity index (χ4v) is 2.40. The first kappa shape index (κ1) is 13.4. The zero-order valence-electron chi connectivity index (χ0n) is 11.1. The molecule has 0 amide bonds. The van der Waals surface area contributed by atoms with Gasteiger partial charge in [0.25, 0.3) is 0 Å². The van der Waals surface area contributed by atoms with Crippen LogP contribution < -0.4 is 9.64 Å². The number of anilines is 1. The predicted octanol–water partition coefficient (Wildman–Crippen LogP) is 1.67. The quantitative estimate of drug-likeness (QED) is 0.782. The van der Waals surface area contributed by atoms with E-state index in [-0.39, 0.29) is 0 Å². The van der Waals surface area contributed by atoms with Crippen molar-refractivity contribution in [1.82, 2.24) is 14.9 Å². The predicted molar refractivity (Wildman–Crippen MR) is 72.5 cm³/mol. The first-order chi connectivity index (χ1) is 8.63. The number of hydrogen-bond donors (Lipinski definition) is 0. The van der Waals surface area contributed by atoms with E-state index in [1.165, 1.54) is 6.33 Å². The van der Waals surface area contributed by atoms with E-state index in [0.29, 0.717) is 16.9 Å². The minimum absolute atomic E-state index is 0.369. The van der Waals surface area contributed by atoms with Crippen molar-refractivity contribution in [1.29, 1.82) is 0 Å². The Morgan fingerprint density at radius 1 is 1.22 bits per heavy atom. The van der Waals surface area contributed by atoms with Crippen LogP contribution in [0.1, 0.15) is 13.8 Å². The van der Waals surface area contributed by atoms with Crippen molar-refractivity contribution in [3.8, 4) is 5.75 Å². The molecule has 1 fully saturated rings. The molecule has 0 unspecified atom stereocenters. The van der Waals surface area contributed by atoms with Gasteiger partial charge in [-0.05, 0) is 13.8 Å². The number of ether oxygens (including phenoxy) is 1. The number of aromatic nitrogens is 2. The molecule has 18 heavy (non-hydrogen) atoms. The first-order valence-corrected chi connectivity index (χ1v) is 6.54. The number of piperazine rings is 1. The van der Waals surface area contributed by atoms with E-state index in [1.54, 1.807) is 7.11 Å². The monoisotopic (exact) mass is 270 g/mol. The molecule has 0 saturated carbocycles. The average Bonchev–Trinajstić information content (AvgIpc) is 2.38. The Morgan fingerprint density at radius 3 is 2.44 bits per heavy atom. The lowest BCUT2D eigenvalue weighted by molar-refractivity contribution is 0.208. The van der Waals surface area contributed by atoms with Crippen LogP contribution in [0.5, 0.6) is 5.75 Å². The largest absolute Gasteiger partial charge is 0.490 e. The van der Waals surface area contributed by atoms with E-state index >= 15 is 0 Å². The lowest BCUT2D eigenvalue weighted by Crippen LogP contribution is -2.49. The van der Waals surface area contributed by atoms with Gasteiger partial charge in [0, 0.05) is 32.2 Å². The normalized spacial score (nSPS) is 17.3. The molecule has 2 heterocycles. The van der Waals surface area contributed by atoms with E-state index in [9.17, 15) is 0 Å². The molecule has 1 saturated heterocycles. The fraction of sp³-hybridized carbons (Fsp3) is 0.667. The van der Waals surface area contributed by atoms with Crippen molar-refractivity contribution in [2.75, 3.05) is 38.2 Å². The van der Waals surface area contributed by atoms with Crippen molar-refractivity contribution in [2.45, 2.75) is 19.9 Å². The summed E-state index contributed by atoms with van der Waals surface area (Å²) in [5, 5.41) is 0.369. The van der Waals surface area contributed by atoms with Crippen LogP contribution in [-0.2, 0) is 0 Å². The standard InChI is InChI=1S/C12H19ClN4O/c1-9(2)16-4-6-17(7-5-16)12-10(18-3)11(13)14-8-15-12/h8-9H,4-7H2,1-3H3. The molecule has 0 N–H and O–H groups in total. The highest BCUT2D eigenvalue weighted by Gasteiger charge is 2.23. The summed E-state index contributed by atoms with van der Waals surface area (Å²) in [7, 11) is 1.60. The molecule has 2 rings (SSSR count). The van der Waals surface area contributed by atoms with E-state index in [0.717, 1.165) is 32.0 Å². The van der Waals surface area contributed by atoms with Gasteiger partial charge >= 0.3 is 0 Å². The number of hydrogen-bond acceptors (Lipinski definition) is 5. The van der Waals surface area contributed by atoms with E-state index in [4.69, 9.17) is 16.3 Å². The van der Waals surface area contributed by atoms with Crippen LogP contribution in [0.2, 0.25) is 5.15 Å². The summed E-state index contributed by atoms with van der Waals surface area (Å²) in [4.78, 5) is 12.9. The Bertz CT molecular complexity index is 405. The fourth-order valence-electron chi connectivity index (χ4n) is 2.19. The Labute approximate surface area is 113 Å². The van der Waals surface area contributed by atoms with Crippen molar-refractivity contribution in [3.63, 3.8) is 0 Å². The van der Waals surface area contributed by atoms with Gasteiger partial charge in [0.15, 0.2) is 16.7 Å². The zero-order chi connectivity index (χ0) is 13.1. The van der Waals surface area contributed by atoms with Gasteiger partial charge < -0.3 is 9.64 Å². The minimum atomic E-state index is 0.369. The number of nitrogens with zero attached hydrogens (tertiary/aromatic N) is 4. The smallest absolute Gasteiger partial charge is 0.199 e. The van der Waals surface area contributed by atoms with Gasteiger partial charge in [0.1, 0.15) is 6.33 Å². The van der Waals surface area contributed by atoms with Crippen LogP contribution in [0.3, 0.4) is 0 Å². The maximum atomic E-state index is 6.01. The van der Waals surface area contributed by atoms with E-state index in [1.807, 2.05) is 0 Å². The Kier molecular flexibility index (Phi) is 4.24. The van der Waals surface area contributed by atoms with E-state index < -0.39 is 0 Å². The Morgan fingerprint density at radius 2 is 1.89 bits per heavy atom. The summed E-state index contributed by atoms with van der Waals surface area (Å²) in [5.41, 5.74) is 0. The van der Waals surface area contributed by atoms with Crippen LogP contribution in [0.4, 0.5) is 5.82 Å². The zero-order valence-corrected chi connectivity index (χ0v) is 11.8. The first-order valence-electron chi connectivity index (χ1n) is 6.17. The third-order valence-electron chi connectivity index (χ3n) is 3.29. The molecule has 6 heteroatoms. The van der Waals surface area contributed by atoms with Crippen molar-refractivity contribution < 1.29 is 4.74 Å². The molecular weight excluding hydrogens is 252 g/mol. The number of halogens is 1. The topological polar surface area (TPSA) is 41.5 Å². The maximum absolute atomic E-state index is 6.01. The molecule has 100 valence electrons. The van der Waals surface area contributed by atoms with Crippen molar-refractivity contribution in [2.24, 2.45) is 0 Å². The van der Waals surface area contributed by atoms with Gasteiger partial charge in [0.05, 0.1) is 7.11 Å². The second kappa shape index (κ2) is 5.71. The lowest BCUT2D eigenvalue weighted by atomic mass is 10.2. The molecule has 1 aromatic heterocycles. The molecule has 0 spiro atoms.